The van der Waals surface area contributed by atoms with Gasteiger partial charge in [0.2, 0.25) is 0 Å². The lowest BCUT2D eigenvalue weighted by Crippen LogP contribution is -2.35. The highest BCUT2D eigenvalue weighted by Gasteiger charge is 2.32. The Bertz CT molecular complexity index is 264. The van der Waals surface area contributed by atoms with Crippen LogP contribution in [0.2, 0.25) is 19.1 Å². The Labute approximate surface area is 99.7 Å². The first kappa shape index (κ1) is 16.2. The fourth-order valence-corrected chi connectivity index (χ4v) is 2.77. The highest BCUT2D eigenvalue weighted by Crippen LogP contribution is 2.20. The van der Waals surface area contributed by atoms with E-state index in [1.54, 1.807) is 13.1 Å². The van der Waals surface area contributed by atoms with Crippen LogP contribution in [-0.2, 0) is 14.0 Å². The number of hydrogen-bond acceptors (Lipinski definition) is 3. The lowest BCUT2D eigenvalue weighted by molar-refractivity contribution is -0.155. The maximum Gasteiger partial charge on any atom is 0.410 e. The van der Waals surface area contributed by atoms with Crippen LogP contribution in [0.25, 0.3) is 0 Å². The van der Waals surface area contributed by atoms with Crippen molar-refractivity contribution in [2.45, 2.75) is 31.7 Å². The van der Waals surface area contributed by atoms with Crippen molar-refractivity contribution in [2.75, 3.05) is 13.2 Å². The third kappa shape index (κ3) is 10.1. The van der Waals surface area contributed by atoms with Gasteiger partial charge in [0.05, 0.1) is 6.61 Å². The van der Waals surface area contributed by atoms with Crippen molar-refractivity contribution < 1.29 is 27.1 Å². The predicted molar refractivity (Wildman–Crippen MR) is 60.1 cm³/mol. The number of ether oxygens (including phenoxy) is 1. The summed E-state index contributed by atoms with van der Waals surface area (Å²) in [5.41, 5.74) is 0. The minimum atomic E-state index is -4.29. The van der Waals surface area contributed by atoms with Crippen LogP contribution in [0, 0.1) is 0 Å². The lowest BCUT2D eigenvalue weighted by Gasteiger charge is -2.23. The molecule has 0 atom stereocenters. The second-order valence-electron chi connectivity index (χ2n) is 4.14. The van der Waals surface area contributed by atoms with Crippen molar-refractivity contribution in [3.8, 4) is 0 Å². The Kier molecular flexibility index (Phi) is 6.47. The summed E-state index contributed by atoms with van der Waals surface area (Å²) < 4.78 is 45.4. The van der Waals surface area contributed by atoms with E-state index in [9.17, 15) is 18.0 Å². The largest absolute Gasteiger partial charge is 0.463 e. The Morgan fingerprint density at radius 2 is 2.00 bits per heavy atom. The van der Waals surface area contributed by atoms with E-state index < -0.39 is 27.1 Å². The Morgan fingerprint density at radius 3 is 2.47 bits per heavy atom. The molecule has 0 heterocycles. The van der Waals surface area contributed by atoms with E-state index >= 15 is 0 Å². The summed E-state index contributed by atoms with van der Waals surface area (Å²) in [6, 6.07) is 0.507. The van der Waals surface area contributed by atoms with Crippen LogP contribution in [-0.4, -0.2) is 33.7 Å². The second-order valence-corrected chi connectivity index (χ2v) is 8.45. The number of rotatable bonds is 7. The molecule has 0 aliphatic heterocycles. The van der Waals surface area contributed by atoms with Gasteiger partial charge >= 0.3 is 12.1 Å². The number of hydrogen-bond donors (Lipinski definition) is 0. The average molecular weight is 270 g/mol. The Hall–Kier alpha value is -0.823. The topological polar surface area (TPSA) is 35.5 Å². The molecule has 0 bridgehead atoms. The molecule has 17 heavy (non-hydrogen) atoms. The van der Waals surface area contributed by atoms with Crippen molar-refractivity contribution in [1.82, 2.24) is 0 Å². The van der Waals surface area contributed by atoms with E-state index in [-0.39, 0.29) is 6.61 Å². The molecular formula is C10H17F3O3Si. The maximum atomic E-state index is 11.9. The molecule has 0 aliphatic carbocycles. The molecule has 0 saturated heterocycles. The van der Waals surface area contributed by atoms with E-state index in [1.807, 2.05) is 0 Å². The monoisotopic (exact) mass is 270 g/mol. The first-order chi connectivity index (χ1) is 7.66. The number of halogens is 3. The van der Waals surface area contributed by atoms with Gasteiger partial charge in [-0.05, 0) is 25.6 Å². The molecule has 3 nitrogen and oxygen atoms in total. The van der Waals surface area contributed by atoms with Crippen LogP contribution >= 0.6 is 0 Å². The molecule has 0 amide bonds. The second kappa shape index (κ2) is 6.80. The Balaban J connectivity index is 3.78. The maximum absolute atomic E-state index is 11.9. The van der Waals surface area contributed by atoms with Crippen molar-refractivity contribution in [1.29, 1.82) is 0 Å². The third-order valence-electron chi connectivity index (χ3n) is 1.96. The van der Waals surface area contributed by atoms with E-state index in [4.69, 9.17) is 9.16 Å². The summed E-state index contributed by atoms with van der Waals surface area (Å²) in [6.07, 6.45) is -2.75. The van der Waals surface area contributed by atoms with Gasteiger partial charge in [0.15, 0.2) is 8.32 Å². The van der Waals surface area contributed by atoms with Gasteiger partial charge in [0.1, 0.15) is 6.61 Å². The van der Waals surface area contributed by atoms with Gasteiger partial charge in [-0.15, -0.1) is 0 Å². The van der Waals surface area contributed by atoms with Crippen LogP contribution in [0.1, 0.15) is 6.42 Å². The van der Waals surface area contributed by atoms with Crippen molar-refractivity contribution >= 4 is 14.3 Å². The summed E-state index contributed by atoms with van der Waals surface area (Å²) in [7, 11) is -2.33. The van der Waals surface area contributed by atoms with Crippen LogP contribution in [0.15, 0.2) is 12.7 Å². The molecule has 0 unspecified atom stereocenters. The SMILES string of the molecule is C=CC(=O)OCCC[Si](C)(C)OCC(F)(F)F. The summed E-state index contributed by atoms with van der Waals surface area (Å²) in [5.74, 6) is -0.527. The highest BCUT2D eigenvalue weighted by atomic mass is 28.4. The zero-order valence-corrected chi connectivity index (χ0v) is 11.0. The molecule has 0 aliphatic rings. The molecule has 0 spiro atoms. The standard InChI is InChI=1S/C10H17F3O3Si/c1-4-9(14)15-6-5-7-17(2,3)16-8-10(11,12)13/h4H,1,5-8H2,2-3H3. The summed E-state index contributed by atoms with van der Waals surface area (Å²) >= 11 is 0. The number of esters is 1. The van der Waals surface area contributed by atoms with E-state index in [2.05, 4.69) is 6.58 Å². The molecule has 0 fully saturated rings. The van der Waals surface area contributed by atoms with Gasteiger partial charge in [0, 0.05) is 6.08 Å². The van der Waals surface area contributed by atoms with Crippen molar-refractivity contribution in [3.63, 3.8) is 0 Å². The molecule has 100 valence electrons. The molecule has 0 saturated carbocycles. The third-order valence-corrected chi connectivity index (χ3v) is 4.44. The highest BCUT2D eigenvalue weighted by molar-refractivity contribution is 6.71. The van der Waals surface area contributed by atoms with Gasteiger partial charge in [-0.2, -0.15) is 13.2 Å². The molecule has 0 rings (SSSR count). The van der Waals surface area contributed by atoms with Gasteiger partial charge in [-0.25, -0.2) is 4.79 Å². The van der Waals surface area contributed by atoms with Crippen LogP contribution in [0.3, 0.4) is 0 Å². The molecule has 0 aromatic carbocycles. The first-order valence-electron chi connectivity index (χ1n) is 5.16. The number of carbonyl (C=O) groups excluding carboxylic acids is 1. The quantitative estimate of drug-likeness (QED) is 0.309. The van der Waals surface area contributed by atoms with Crippen LogP contribution in [0.5, 0.6) is 0 Å². The van der Waals surface area contributed by atoms with Crippen molar-refractivity contribution in [2.24, 2.45) is 0 Å². The van der Waals surface area contributed by atoms with E-state index in [0.717, 1.165) is 6.08 Å². The molecule has 0 aromatic rings. The average Bonchev–Trinajstić information content (AvgIpc) is 2.20. The summed E-state index contributed by atoms with van der Waals surface area (Å²) in [5, 5.41) is 0. The minimum absolute atomic E-state index is 0.177. The Morgan fingerprint density at radius 1 is 1.41 bits per heavy atom. The van der Waals surface area contributed by atoms with Crippen LogP contribution in [0.4, 0.5) is 13.2 Å². The first-order valence-corrected chi connectivity index (χ1v) is 8.28. The minimum Gasteiger partial charge on any atom is -0.463 e. The van der Waals surface area contributed by atoms with Gasteiger partial charge < -0.3 is 9.16 Å². The van der Waals surface area contributed by atoms with Gasteiger partial charge in [0.25, 0.3) is 0 Å². The summed E-state index contributed by atoms with van der Waals surface area (Å²) in [4.78, 5) is 10.7. The van der Waals surface area contributed by atoms with E-state index in [1.165, 1.54) is 0 Å². The van der Waals surface area contributed by atoms with E-state index in [0.29, 0.717) is 12.5 Å². The predicted octanol–water partition coefficient (Wildman–Crippen LogP) is 2.89. The molecular weight excluding hydrogens is 253 g/mol. The zero-order valence-electron chi connectivity index (χ0n) is 9.97. The lowest BCUT2D eigenvalue weighted by atomic mass is 10.5. The molecule has 0 aromatic heterocycles. The van der Waals surface area contributed by atoms with Gasteiger partial charge in [-0.1, -0.05) is 6.58 Å². The summed E-state index contributed by atoms with van der Waals surface area (Å²) in [6.45, 7) is 5.60. The zero-order chi connectivity index (χ0) is 13.5. The van der Waals surface area contributed by atoms with Crippen molar-refractivity contribution in [3.05, 3.63) is 12.7 Å². The van der Waals surface area contributed by atoms with Crippen LogP contribution < -0.4 is 0 Å². The molecule has 0 N–H and O–H groups in total. The smallest absolute Gasteiger partial charge is 0.410 e. The molecule has 7 heteroatoms. The van der Waals surface area contributed by atoms with Gasteiger partial charge in [-0.3, -0.25) is 0 Å². The number of alkyl halides is 3. The fourth-order valence-electron chi connectivity index (χ4n) is 1.08. The normalized spacial score (nSPS) is 12.3. The molecule has 0 radical (unpaired) electrons. The fraction of sp³-hybridized carbons (Fsp3) is 0.700. The number of carbonyl (C=O) groups is 1.